The van der Waals surface area contributed by atoms with E-state index in [1.165, 1.54) is 0 Å². The van der Waals surface area contributed by atoms with Gasteiger partial charge < -0.3 is 26.0 Å². The van der Waals surface area contributed by atoms with Crippen LogP contribution in [0.2, 0.25) is 0 Å². The molecular formula is C23H25N7O2. The van der Waals surface area contributed by atoms with E-state index in [4.69, 9.17) is 5.73 Å². The predicted molar refractivity (Wildman–Crippen MR) is 124 cm³/mol. The van der Waals surface area contributed by atoms with Gasteiger partial charge in [0.2, 0.25) is 0 Å². The third-order valence-electron chi connectivity index (χ3n) is 5.23. The maximum Gasteiger partial charge on any atom is 0.256 e. The van der Waals surface area contributed by atoms with Crippen molar-refractivity contribution in [2.45, 2.75) is 26.8 Å². The Kier molecular flexibility index (Phi) is 5.80. The Balaban J connectivity index is 1.51. The third-order valence-corrected chi connectivity index (χ3v) is 5.23. The number of benzene rings is 2. The zero-order valence-corrected chi connectivity index (χ0v) is 17.9. The smallest absolute Gasteiger partial charge is 0.256 e. The average Bonchev–Trinajstić information content (AvgIpc) is 3.45. The van der Waals surface area contributed by atoms with Crippen LogP contribution in [-0.4, -0.2) is 30.8 Å². The van der Waals surface area contributed by atoms with Gasteiger partial charge in [-0.1, -0.05) is 19.1 Å². The molecule has 2 aromatic carbocycles. The Morgan fingerprint density at radius 1 is 1.25 bits per heavy atom. The topological polar surface area (TPSA) is 134 Å². The summed E-state index contributed by atoms with van der Waals surface area (Å²) in [6, 6.07) is 11.5. The number of primary amides is 1. The molecule has 2 aromatic heterocycles. The molecule has 9 nitrogen and oxygen atoms in total. The number of carbonyl (C=O) groups is 1. The van der Waals surface area contributed by atoms with Crippen LogP contribution in [0.15, 0.2) is 55.1 Å². The van der Waals surface area contributed by atoms with Crippen molar-refractivity contribution in [3.05, 3.63) is 77.4 Å². The lowest BCUT2D eigenvalue weighted by Crippen LogP contribution is -2.15. The molecule has 1 amide bonds. The van der Waals surface area contributed by atoms with Crippen LogP contribution in [0, 0.1) is 6.92 Å². The van der Waals surface area contributed by atoms with Crippen molar-refractivity contribution in [1.29, 1.82) is 0 Å². The van der Waals surface area contributed by atoms with E-state index in [0.717, 1.165) is 34.5 Å². The Morgan fingerprint density at radius 3 is 2.69 bits per heavy atom. The SMILES string of the molecule is CCc1cc(CNc2n[nH]c(Nc3ccc(-n4ccnc4)cc3)c2C(N)=O)cc(C)c1O. The number of rotatable bonds is 8. The van der Waals surface area contributed by atoms with Crippen molar-refractivity contribution in [3.8, 4) is 11.4 Å². The first-order valence-electron chi connectivity index (χ1n) is 10.2. The summed E-state index contributed by atoms with van der Waals surface area (Å²) >= 11 is 0. The fraction of sp³-hybridized carbons (Fsp3) is 0.174. The van der Waals surface area contributed by atoms with Gasteiger partial charge in [0.1, 0.15) is 17.1 Å². The lowest BCUT2D eigenvalue weighted by atomic mass is 10.0. The van der Waals surface area contributed by atoms with Crippen molar-refractivity contribution >= 4 is 23.2 Å². The van der Waals surface area contributed by atoms with Crippen molar-refractivity contribution < 1.29 is 9.90 Å². The molecule has 0 aliphatic carbocycles. The molecule has 4 rings (SSSR count). The Bertz CT molecular complexity index is 1230. The summed E-state index contributed by atoms with van der Waals surface area (Å²) in [5, 5.41) is 23.5. The van der Waals surface area contributed by atoms with Crippen molar-refractivity contribution in [1.82, 2.24) is 19.7 Å². The highest BCUT2D eigenvalue weighted by atomic mass is 16.3. The Hall–Kier alpha value is -4.27. The maximum absolute atomic E-state index is 12.2. The normalized spacial score (nSPS) is 10.8. The number of nitrogens with two attached hydrogens (primary N) is 1. The van der Waals surface area contributed by atoms with Gasteiger partial charge in [-0.2, -0.15) is 5.10 Å². The number of aromatic nitrogens is 4. The summed E-state index contributed by atoms with van der Waals surface area (Å²) in [4.78, 5) is 16.2. The first kappa shape index (κ1) is 21.0. The number of hydrogen-bond acceptors (Lipinski definition) is 6. The lowest BCUT2D eigenvalue weighted by molar-refractivity contribution is 0.100. The maximum atomic E-state index is 12.2. The first-order valence-corrected chi connectivity index (χ1v) is 10.2. The van der Waals surface area contributed by atoms with E-state index in [2.05, 4.69) is 25.8 Å². The van der Waals surface area contributed by atoms with Crippen LogP contribution in [0.5, 0.6) is 5.75 Å². The number of H-pyrrole nitrogens is 1. The fourth-order valence-corrected chi connectivity index (χ4v) is 3.56. The number of amides is 1. The number of aryl methyl sites for hydroxylation is 2. The van der Waals surface area contributed by atoms with Gasteiger partial charge in [-0.05, 0) is 54.3 Å². The summed E-state index contributed by atoms with van der Waals surface area (Å²) < 4.78 is 1.89. The van der Waals surface area contributed by atoms with E-state index >= 15 is 0 Å². The van der Waals surface area contributed by atoms with Crippen molar-refractivity contribution in [3.63, 3.8) is 0 Å². The van der Waals surface area contributed by atoms with Crippen molar-refractivity contribution in [2.75, 3.05) is 10.6 Å². The van der Waals surface area contributed by atoms with Crippen LogP contribution >= 0.6 is 0 Å². The highest BCUT2D eigenvalue weighted by molar-refractivity contribution is 6.03. The van der Waals surface area contributed by atoms with Gasteiger partial charge in [-0.15, -0.1) is 0 Å². The molecule has 6 N–H and O–H groups in total. The second-order valence-electron chi connectivity index (χ2n) is 7.46. The van der Waals surface area contributed by atoms with E-state index in [1.807, 2.05) is 61.0 Å². The van der Waals surface area contributed by atoms with E-state index < -0.39 is 5.91 Å². The number of carbonyl (C=O) groups excluding carboxylic acids is 1. The summed E-state index contributed by atoms with van der Waals surface area (Å²) in [6.07, 6.45) is 6.02. The molecule has 2 heterocycles. The van der Waals surface area contributed by atoms with Gasteiger partial charge in [0.15, 0.2) is 5.82 Å². The molecule has 0 fully saturated rings. The zero-order valence-electron chi connectivity index (χ0n) is 17.9. The second-order valence-corrected chi connectivity index (χ2v) is 7.46. The molecule has 0 bridgehead atoms. The van der Waals surface area contributed by atoms with E-state index in [-0.39, 0.29) is 5.56 Å². The summed E-state index contributed by atoms with van der Waals surface area (Å²) in [5.74, 6) is 0.486. The van der Waals surface area contributed by atoms with Crippen LogP contribution in [0.4, 0.5) is 17.3 Å². The molecule has 0 aliphatic rings. The van der Waals surface area contributed by atoms with Crippen LogP contribution in [0.3, 0.4) is 0 Å². The number of aromatic amines is 1. The molecule has 9 heteroatoms. The quantitative estimate of drug-likeness (QED) is 0.289. The van der Waals surface area contributed by atoms with Gasteiger partial charge in [0.25, 0.3) is 5.91 Å². The van der Waals surface area contributed by atoms with Gasteiger partial charge in [-0.3, -0.25) is 9.89 Å². The monoisotopic (exact) mass is 431 g/mol. The largest absolute Gasteiger partial charge is 0.507 e. The number of nitrogens with zero attached hydrogens (tertiary/aromatic N) is 3. The summed E-state index contributed by atoms with van der Waals surface area (Å²) in [7, 11) is 0. The predicted octanol–water partition coefficient (Wildman–Crippen LogP) is 3.63. The minimum Gasteiger partial charge on any atom is -0.507 e. The number of phenolic OH excluding ortho intramolecular Hbond substituents is 1. The van der Waals surface area contributed by atoms with Crippen molar-refractivity contribution in [2.24, 2.45) is 5.73 Å². The zero-order chi connectivity index (χ0) is 22.7. The fourth-order valence-electron chi connectivity index (χ4n) is 3.56. The van der Waals surface area contributed by atoms with Crippen LogP contribution in [-0.2, 0) is 13.0 Å². The van der Waals surface area contributed by atoms with Gasteiger partial charge >= 0.3 is 0 Å². The molecule has 0 unspecified atom stereocenters. The molecule has 0 spiro atoms. The number of hydrogen-bond donors (Lipinski definition) is 5. The Labute approximate surface area is 185 Å². The van der Waals surface area contributed by atoms with Crippen LogP contribution in [0.25, 0.3) is 5.69 Å². The second kappa shape index (κ2) is 8.84. The molecule has 0 radical (unpaired) electrons. The molecule has 4 aromatic rings. The van der Waals surface area contributed by atoms with E-state index in [0.29, 0.717) is 23.9 Å². The third kappa shape index (κ3) is 4.27. The molecule has 0 aliphatic heterocycles. The van der Waals surface area contributed by atoms with Gasteiger partial charge in [0, 0.05) is 30.3 Å². The van der Waals surface area contributed by atoms with E-state index in [1.54, 1.807) is 12.5 Å². The minimum atomic E-state index is -0.602. The highest BCUT2D eigenvalue weighted by Crippen LogP contribution is 2.27. The lowest BCUT2D eigenvalue weighted by Gasteiger charge is -2.11. The number of aromatic hydroxyl groups is 1. The average molecular weight is 432 g/mol. The van der Waals surface area contributed by atoms with Gasteiger partial charge in [-0.25, -0.2) is 4.98 Å². The summed E-state index contributed by atoms with van der Waals surface area (Å²) in [6.45, 7) is 4.28. The standard InChI is InChI=1S/C23H25N7O2/c1-3-16-11-15(10-14(2)20(16)31)12-26-22-19(21(24)32)23(29-28-22)27-17-4-6-18(7-5-17)30-9-8-25-13-30/h4-11,13,31H,3,12H2,1-2H3,(H2,24,32)(H3,26,27,28,29). The molecule has 164 valence electrons. The molecule has 0 saturated carbocycles. The van der Waals surface area contributed by atoms with Gasteiger partial charge in [0.05, 0.1) is 6.33 Å². The van der Waals surface area contributed by atoms with E-state index in [9.17, 15) is 9.90 Å². The highest BCUT2D eigenvalue weighted by Gasteiger charge is 2.19. The Morgan fingerprint density at radius 2 is 2.03 bits per heavy atom. The minimum absolute atomic E-state index is 0.245. The summed E-state index contributed by atoms with van der Waals surface area (Å²) in [5.41, 5.74) is 10.3. The molecule has 32 heavy (non-hydrogen) atoms. The number of anilines is 3. The van der Waals surface area contributed by atoms with Crippen LogP contribution in [0.1, 0.15) is 34.0 Å². The number of imidazole rings is 1. The van der Waals surface area contributed by atoms with Crippen LogP contribution < -0.4 is 16.4 Å². The molecule has 0 atom stereocenters. The molecule has 0 saturated heterocycles. The first-order chi connectivity index (χ1) is 15.5. The molecular weight excluding hydrogens is 406 g/mol. The number of nitrogens with one attached hydrogen (secondary N) is 3. The number of phenols is 1.